The lowest BCUT2D eigenvalue weighted by molar-refractivity contribution is -0.139. The van der Waals surface area contributed by atoms with Crippen LogP contribution in [-0.2, 0) is 28.7 Å². The van der Waals surface area contributed by atoms with E-state index < -0.39 is 84.4 Å². The van der Waals surface area contributed by atoms with E-state index in [1.165, 1.54) is 62.8 Å². The molecule has 4 N–H and O–H groups in total. The van der Waals surface area contributed by atoms with Crippen molar-refractivity contribution in [1.29, 1.82) is 0 Å². The number of aliphatic imine (C=N–C) groups is 2. The fourth-order valence-corrected chi connectivity index (χ4v) is 12.5. The second kappa shape index (κ2) is 26.1. The number of carbonyl (C=O) groups is 4. The van der Waals surface area contributed by atoms with Crippen LogP contribution in [0.3, 0.4) is 0 Å². The molecule has 408 valence electrons. The number of carboxylic acid groups (broad SMARTS) is 2. The van der Waals surface area contributed by atoms with Crippen LogP contribution in [0.4, 0.5) is 26.3 Å². The fourth-order valence-electron chi connectivity index (χ4n) is 8.62. The highest BCUT2D eigenvalue weighted by molar-refractivity contribution is 9.10. The maximum absolute atomic E-state index is 14.8. The first-order valence-electron chi connectivity index (χ1n) is 23.2. The lowest BCUT2D eigenvalue weighted by Gasteiger charge is -2.29. The van der Waals surface area contributed by atoms with Crippen molar-refractivity contribution in [3.63, 3.8) is 0 Å². The van der Waals surface area contributed by atoms with Gasteiger partial charge in [-0.05, 0) is 43.7 Å². The van der Waals surface area contributed by atoms with Crippen molar-refractivity contribution in [3.05, 3.63) is 124 Å². The lowest BCUT2D eigenvalue weighted by atomic mass is 9.95. The van der Waals surface area contributed by atoms with Crippen molar-refractivity contribution in [3.8, 4) is 0 Å². The number of alkyl halides is 4. The molecule has 4 unspecified atom stereocenters. The number of hydrogen-bond acceptors (Lipinski definition) is 18. The summed E-state index contributed by atoms with van der Waals surface area (Å²) in [4.78, 5) is 69.0. The van der Waals surface area contributed by atoms with Crippen LogP contribution in [0.2, 0.25) is 5.02 Å². The summed E-state index contributed by atoms with van der Waals surface area (Å²) < 4.78 is 98.0. The number of ether oxygens (including phenoxy) is 2. The minimum Gasteiger partial charge on any atom is -0.481 e. The molecule has 4 aliphatic heterocycles. The Kier molecular flexibility index (Phi) is 20.1. The number of amidine groups is 2. The zero-order chi connectivity index (χ0) is 54.9. The van der Waals surface area contributed by atoms with Gasteiger partial charge >= 0.3 is 23.9 Å². The summed E-state index contributed by atoms with van der Waals surface area (Å²) in [6, 6.07) is 5.85. The standard InChI is InChI=1S/C24H24BrF3N4O4S2.C24H24ClF3N4O4S2/c2*1-2-36-23(35)19-17(9-32-8-13(24(27,28)12-32)10-37-11-18(33)34)30-21(22-29-5-6-38-22)31-20(19)15-4-3-14(26)7-16(15)25/h2*3-7,13,20H,2,8-12H2,1H3,(H,30,31)(H,33,34). The number of aromatic nitrogens is 2. The normalized spacial score (nSPS) is 21.2. The third kappa shape index (κ3) is 14.8. The van der Waals surface area contributed by atoms with Crippen LogP contribution >= 0.6 is 73.7 Å². The molecule has 4 aliphatic rings. The predicted octanol–water partition coefficient (Wildman–Crippen LogP) is 8.57. The topological polar surface area (TPSA) is 208 Å². The summed E-state index contributed by atoms with van der Waals surface area (Å²) in [7, 11) is 0. The number of rotatable bonds is 20. The van der Waals surface area contributed by atoms with Crippen LogP contribution < -0.4 is 10.6 Å². The first kappa shape index (κ1) is 58.6. The Morgan fingerprint density at radius 2 is 1.17 bits per heavy atom. The Labute approximate surface area is 461 Å². The van der Waals surface area contributed by atoms with Crippen molar-refractivity contribution in [1.82, 2.24) is 30.4 Å². The number of carbonyl (C=O) groups excluding carboxylic acids is 2. The molecule has 0 aliphatic carbocycles. The lowest BCUT2D eigenvalue weighted by Crippen LogP contribution is -2.39. The molecule has 28 heteroatoms. The molecule has 0 bridgehead atoms. The van der Waals surface area contributed by atoms with E-state index in [0.29, 0.717) is 48.7 Å². The molecule has 6 heterocycles. The highest BCUT2D eigenvalue weighted by Gasteiger charge is 2.50. The van der Waals surface area contributed by atoms with Gasteiger partial charge in [0, 0.05) is 99.1 Å². The Hall–Kier alpha value is -5.03. The van der Waals surface area contributed by atoms with Crippen LogP contribution in [0.5, 0.6) is 0 Å². The molecule has 16 nitrogen and oxygen atoms in total. The van der Waals surface area contributed by atoms with E-state index in [9.17, 15) is 45.5 Å². The van der Waals surface area contributed by atoms with E-state index in [-0.39, 0.29) is 78.6 Å². The number of aliphatic carboxylic acids is 2. The quantitative estimate of drug-likeness (QED) is 0.0483. The van der Waals surface area contributed by atoms with Gasteiger partial charge in [0.2, 0.25) is 0 Å². The summed E-state index contributed by atoms with van der Waals surface area (Å²) in [5, 5.41) is 28.5. The number of carboxylic acids is 2. The number of esters is 2. The van der Waals surface area contributed by atoms with Crippen molar-refractivity contribution in [2.75, 3.05) is 75.5 Å². The van der Waals surface area contributed by atoms with Gasteiger partial charge in [-0.15, -0.1) is 46.2 Å². The zero-order valence-corrected chi connectivity index (χ0v) is 45.9. The van der Waals surface area contributed by atoms with Crippen LogP contribution in [0.1, 0.15) is 47.1 Å². The number of thiazole rings is 2. The molecule has 8 rings (SSSR count). The first-order chi connectivity index (χ1) is 36.2. The van der Waals surface area contributed by atoms with E-state index >= 15 is 0 Å². The monoisotopic (exact) mass is 1220 g/mol. The number of hydrogen-bond donors (Lipinski definition) is 4. The smallest absolute Gasteiger partial charge is 0.338 e. The van der Waals surface area contributed by atoms with Crippen molar-refractivity contribution in [2.45, 2.75) is 37.8 Å². The van der Waals surface area contributed by atoms with Gasteiger partial charge in [-0.2, -0.15) is 0 Å². The first-order valence-corrected chi connectivity index (χ1v) is 28.4. The van der Waals surface area contributed by atoms with E-state index in [1.54, 1.807) is 37.0 Å². The van der Waals surface area contributed by atoms with E-state index in [4.69, 9.17) is 36.3 Å². The fraction of sp³-hybridized carbons (Fsp3) is 0.417. The molecular formula is C48H48BrClF6N8O8S4. The number of nitrogens with one attached hydrogen (secondary N) is 2. The molecule has 2 aromatic heterocycles. The molecule has 4 aromatic rings. The van der Waals surface area contributed by atoms with Gasteiger partial charge in [-0.1, -0.05) is 39.7 Å². The Morgan fingerprint density at radius 1 is 0.737 bits per heavy atom. The minimum absolute atomic E-state index is 0.00734. The molecule has 2 fully saturated rings. The van der Waals surface area contributed by atoms with Crippen LogP contribution in [0.25, 0.3) is 0 Å². The summed E-state index contributed by atoms with van der Waals surface area (Å²) in [6.07, 6.45) is 3.17. The van der Waals surface area contributed by atoms with Gasteiger partial charge in [-0.25, -0.2) is 45.9 Å². The van der Waals surface area contributed by atoms with E-state index in [1.807, 2.05) is 0 Å². The maximum atomic E-state index is 14.8. The average Bonchev–Trinajstić information content (AvgIpc) is 4.17. The second-order valence-electron chi connectivity index (χ2n) is 17.3. The number of likely N-dealkylation sites (tertiary alicyclic amines) is 2. The Morgan fingerprint density at radius 3 is 1.57 bits per heavy atom. The van der Waals surface area contributed by atoms with Crippen LogP contribution in [0.15, 0.2) is 96.5 Å². The largest absolute Gasteiger partial charge is 0.481 e. The maximum Gasteiger partial charge on any atom is 0.338 e. The molecule has 4 atom stereocenters. The summed E-state index contributed by atoms with van der Waals surface area (Å²) in [5.74, 6) is -12.6. The van der Waals surface area contributed by atoms with Gasteiger partial charge in [0.1, 0.15) is 23.7 Å². The van der Waals surface area contributed by atoms with Crippen molar-refractivity contribution in [2.24, 2.45) is 21.8 Å². The summed E-state index contributed by atoms with van der Waals surface area (Å²) >= 11 is 14.2. The van der Waals surface area contributed by atoms with Gasteiger partial charge in [0.25, 0.3) is 11.8 Å². The molecular weight excluding hydrogens is 1170 g/mol. The minimum atomic E-state index is -3.04. The van der Waals surface area contributed by atoms with Crippen LogP contribution in [-0.4, -0.2) is 153 Å². The van der Waals surface area contributed by atoms with E-state index in [2.05, 4.69) is 41.5 Å². The van der Waals surface area contributed by atoms with Crippen molar-refractivity contribution >= 4 is 109 Å². The van der Waals surface area contributed by atoms with Gasteiger partial charge in [0.15, 0.2) is 21.7 Å². The van der Waals surface area contributed by atoms with Gasteiger partial charge < -0.3 is 30.3 Å². The molecule has 2 saturated heterocycles. The number of thioether (sulfide) groups is 2. The average molecular weight is 1220 g/mol. The highest BCUT2D eigenvalue weighted by atomic mass is 79.9. The predicted molar refractivity (Wildman–Crippen MR) is 282 cm³/mol. The highest BCUT2D eigenvalue weighted by Crippen LogP contribution is 2.42. The van der Waals surface area contributed by atoms with Gasteiger partial charge in [-0.3, -0.25) is 29.4 Å². The molecule has 0 amide bonds. The van der Waals surface area contributed by atoms with Crippen molar-refractivity contribution < 1.29 is 65.2 Å². The molecule has 2 aromatic carbocycles. The van der Waals surface area contributed by atoms with E-state index in [0.717, 1.165) is 29.6 Å². The second-order valence-corrected chi connectivity index (χ2v) is 22.4. The molecule has 0 radical (unpaired) electrons. The Balaban J connectivity index is 0.000000221. The third-order valence-corrected chi connectivity index (χ3v) is 16.7. The molecule has 0 spiro atoms. The summed E-state index contributed by atoms with van der Waals surface area (Å²) in [6.45, 7) is 2.21. The SMILES string of the molecule is CCOC(=O)C1=C(CN2CC(CSCC(=O)O)C(F)(F)C2)NC(c2nccs2)=NC1c1ccc(F)cc1Br.CCOC(=O)C1=C(CN2CC(CSCC(=O)O)C(F)(F)C2)NC(c2nccs2)=NC1c1ccc(F)cc1Cl. The van der Waals surface area contributed by atoms with Gasteiger partial charge in [0.05, 0.1) is 49.0 Å². The number of nitrogens with zero attached hydrogens (tertiary/aromatic N) is 6. The Bertz CT molecular complexity index is 2710. The zero-order valence-electron chi connectivity index (χ0n) is 40.3. The summed E-state index contributed by atoms with van der Waals surface area (Å²) in [5.41, 5.74) is 1.68. The third-order valence-electron chi connectivity index (χ3n) is 11.9. The van der Waals surface area contributed by atoms with Crippen LogP contribution in [0, 0.1) is 23.5 Å². The molecule has 0 saturated carbocycles. The molecule has 76 heavy (non-hydrogen) atoms. The number of halogens is 8. The number of benzene rings is 2.